The summed E-state index contributed by atoms with van der Waals surface area (Å²) in [4.78, 5) is 13.0. The van der Waals surface area contributed by atoms with E-state index in [-0.39, 0.29) is 11.4 Å². The molecule has 3 aromatic rings. The largest absolute Gasteiger partial charge is 0.325 e. The Labute approximate surface area is 192 Å². The molecule has 0 aromatic heterocycles. The van der Waals surface area contributed by atoms with E-state index >= 15 is 0 Å². The van der Waals surface area contributed by atoms with E-state index in [1.165, 1.54) is 0 Å². The Balaban J connectivity index is 1.97. The van der Waals surface area contributed by atoms with Crippen LogP contribution in [0.25, 0.3) is 0 Å². The van der Waals surface area contributed by atoms with Gasteiger partial charge in [0.1, 0.15) is 6.54 Å². The molecule has 0 spiro atoms. The lowest BCUT2D eigenvalue weighted by Gasteiger charge is -2.25. The van der Waals surface area contributed by atoms with E-state index in [2.05, 4.69) is 21.2 Å². The van der Waals surface area contributed by atoms with Gasteiger partial charge in [-0.15, -0.1) is 0 Å². The van der Waals surface area contributed by atoms with Crippen molar-refractivity contribution in [3.05, 3.63) is 87.4 Å². The minimum absolute atomic E-state index is 0.142. The van der Waals surface area contributed by atoms with Gasteiger partial charge in [0.2, 0.25) is 5.91 Å². The highest BCUT2D eigenvalue weighted by atomic mass is 79.9. The van der Waals surface area contributed by atoms with Crippen molar-refractivity contribution in [1.82, 2.24) is 0 Å². The molecule has 5 nitrogen and oxygen atoms in total. The van der Waals surface area contributed by atoms with Crippen LogP contribution >= 0.6 is 15.9 Å². The molecule has 0 bridgehead atoms. The number of aryl methyl sites for hydroxylation is 4. The number of carbonyl (C=O) groups is 1. The number of anilines is 2. The van der Waals surface area contributed by atoms with Crippen LogP contribution in [0.1, 0.15) is 22.3 Å². The molecular weight excluding hydrogens is 476 g/mol. The molecule has 0 unspecified atom stereocenters. The highest BCUT2D eigenvalue weighted by Crippen LogP contribution is 2.26. The van der Waals surface area contributed by atoms with Gasteiger partial charge < -0.3 is 5.32 Å². The van der Waals surface area contributed by atoms with Gasteiger partial charge in [0.05, 0.1) is 10.6 Å². The maximum atomic E-state index is 13.5. The van der Waals surface area contributed by atoms with Gasteiger partial charge in [-0.25, -0.2) is 8.42 Å². The van der Waals surface area contributed by atoms with Crippen molar-refractivity contribution < 1.29 is 13.2 Å². The number of nitrogens with zero attached hydrogens (tertiary/aromatic N) is 1. The minimum Gasteiger partial charge on any atom is -0.325 e. The van der Waals surface area contributed by atoms with E-state index < -0.39 is 15.9 Å². The molecule has 0 aliphatic rings. The van der Waals surface area contributed by atoms with Gasteiger partial charge in [-0.1, -0.05) is 39.7 Å². The first-order chi connectivity index (χ1) is 14.6. The summed E-state index contributed by atoms with van der Waals surface area (Å²) in [5.41, 5.74) is 4.98. The maximum Gasteiger partial charge on any atom is 0.264 e. The molecule has 31 heavy (non-hydrogen) atoms. The first kappa shape index (κ1) is 23.0. The second-order valence-corrected chi connectivity index (χ2v) is 10.3. The predicted octanol–water partition coefficient (Wildman–Crippen LogP) is 5.52. The monoisotopic (exact) mass is 500 g/mol. The fourth-order valence-corrected chi connectivity index (χ4v) is 4.75. The molecule has 0 aliphatic carbocycles. The molecule has 7 heteroatoms. The van der Waals surface area contributed by atoms with E-state index in [1.807, 2.05) is 45.9 Å². The Morgan fingerprint density at radius 1 is 0.871 bits per heavy atom. The third-order valence-corrected chi connectivity index (χ3v) is 7.79. The Morgan fingerprint density at radius 3 is 2.16 bits per heavy atom. The SMILES string of the molecule is Cc1ccc(S(=O)(=O)N(CC(=O)Nc2ccc(Br)c(C)c2)c2ccc(C)c(C)c2)cc1. The molecule has 0 heterocycles. The number of carbonyl (C=O) groups excluding carboxylic acids is 1. The van der Waals surface area contributed by atoms with Crippen molar-refractivity contribution in [2.24, 2.45) is 0 Å². The number of amides is 1. The van der Waals surface area contributed by atoms with Crippen molar-refractivity contribution in [1.29, 1.82) is 0 Å². The zero-order chi connectivity index (χ0) is 22.8. The van der Waals surface area contributed by atoms with Crippen LogP contribution in [-0.4, -0.2) is 20.9 Å². The lowest BCUT2D eigenvalue weighted by atomic mass is 10.1. The third-order valence-electron chi connectivity index (χ3n) is 5.12. The van der Waals surface area contributed by atoms with E-state index in [4.69, 9.17) is 0 Å². The van der Waals surface area contributed by atoms with Crippen LogP contribution in [-0.2, 0) is 14.8 Å². The van der Waals surface area contributed by atoms with Crippen LogP contribution < -0.4 is 9.62 Å². The van der Waals surface area contributed by atoms with E-state index in [9.17, 15) is 13.2 Å². The van der Waals surface area contributed by atoms with Gasteiger partial charge in [0.15, 0.2) is 0 Å². The molecule has 1 N–H and O–H groups in total. The molecule has 162 valence electrons. The van der Waals surface area contributed by atoms with Gasteiger partial charge in [0, 0.05) is 10.2 Å². The molecule has 0 atom stereocenters. The molecular formula is C24H25BrN2O3S. The number of benzene rings is 3. The second-order valence-electron chi connectivity index (χ2n) is 7.61. The zero-order valence-electron chi connectivity index (χ0n) is 17.9. The number of halogens is 1. The molecule has 1 amide bonds. The number of sulfonamides is 1. The summed E-state index contributed by atoms with van der Waals surface area (Å²) in [6.07, 6.45) is 0. The number of hydrogen-bond donors (Lipinski definition) is 1. The quantitative estimate of drug-likeness (QED) is 0.484. The zero-order valence-corrected chi connectivity index (χ0v) is 20.3. The third kappa shape index (κ3) is 5.35. The average molecular weight is 501 g/mol. The lowest BCUT2D eigenvalue weighted by Crippen LogP contribution is -2.38. The Bertz CT molecular complexity index is 1220. The Morgan fingerprint density at radius 2 is 1.55 bits per heavy atom. The highest BCUT2D eigenvalue weighted by Gasteiger charge is 2.27. The smallest absolute Gasteiger partial charge is 0.264 e. The summed E-state index contributed by atoms with van der Waals surface area (Å²) in [5.74, 6) is -0.421. The van der Waals surface area contributed by atoms with E-state index in [0.717, 1.165) is 31.0 Å². The molecule has 0 saturated heterocycles. The average Bonchev–Trinajstić information content (AvgIpc) is 2.71. The van der Waals surface area contributed by atoms with Crippen LogP contribution in [0.4, 0.5) is 11.4 Å². The standard InChI is InChI=1S/C24H25BrN2O3S/c1-16-5-10-22(11-6-16)31(29,30)27(21-9-7-17(2)18(3)14-21)15-24(28)26-20-8-12-23(25)19(4)13-20/h5-14H,15H2,1-4H3,(H,26,28). The fraction of sp³-hybridized carbons (Fsp3) is 0.208. The summed E-state index contributed by atoms with van der Waals surface area (Å²) < 4.78 is 29.0. The molecule has 0 radical (unpaired) electrons. The molecule has 0 aliphatic heterocycles. The predicted molar refractivity (Wildman–Crippen MR) is 129 cm³/mol. The molecule has 0 saturated carbocycles. The minimum atomic E-state index is -3.94. The van der Waals surface area contributed by atoms with Crippen LogP contribution in [0.2, 0.25) is 0 Å². The number of nitrogens with one attached hydrogen (secondary N) is 1. The van der Waals surface area contributed by atoms with Crippen molar-refractivity contribution in [3.63, 3.8) is 0 Å². The maximum absolute atomic E-state index is 13.5. The summed E-state index contributed by atoms with van der Waals surface area (Å²) in [6, 6.07) is 17.4. The van der Waals surface area contributed by atoms with Crippen LogP contribution in [0.3, 0.4) is 0 Å². The van der Waals surface area contributed by atoms with Crippen LogP contribution in [0, 0.1) is 27.7 Å². The van der Waals surface area contributed by atoms with Gasteiger partial charge in [-0.2, -0.15) is 0 Å². The van der Waals surface area contributed by atoms with Gasteiger partial charge in [-0.05, 0) is 86.8 Å². The van der Waals surface area contributed by atoms with Crippen molar-refractivity contribution in [3.8, 4) is 0 Å². The van der Waals surface area contributed by atoms with Gasteiger partial charge in [-0.3, -0.25) is 9.10 Å². The molecule has 3 aromatic carbocycles. The van der Waals surface area contributed by atoms with Crippen molar-refractivity contribution >= 4 is 43.2 Å². The Hall–Kier alpha value is -2.64. The van der Waals surface area contributed by atoms with E-state index in [0.29, 0.717) is 11.4 Å². The van der Waals surface area contributed by atoms with Gasteiger partial charge >= 0.3 is 0 Å². The molecule has 3 rings (SSSR count). The Kier molecular flexibility index (Phi) is 6.86. The first-order valence-electron chi connectivity index (χ1n) is 9.80. The summed E-state index contributed by atoms with van der Waals surface area (Å²) in [7, 11) is -3.94. The van der Waals surface area contributed by atoms with Crippen LogP contribution in [0.15, 0.2) is 70.0 Å². The summed E-state index contributed by atoms with van der Waals surface area (Å²) in [5, 5.41) is 2.80. The summed E-state index contributed by atoms with van der Waals surface area (Å²) in [6.45, 7) is 7.35. The van der Waals surface area contributed by atoms with Crippen LogP contribution in [0.5, 0.6) is 0 Å². The number of hydrogen-bond acceptors (Lipinski definition) is 3. The second kappa shape index (κ2) is 9.24. The topological polar surface area (TPSA) is 66.5 Å². The summed E-state index contributed by atoms with van der Waals surface area (Å²) >= 11 is 3.44. The number of rotatable bonds is 6. The lowest BCUT2D eigenvalue weighted by molar-refractivity contribution is -0.114. The molecule has 0 fully saturated rings. The van der Waals surface area contributed by atoms with E-state index in [1.54, 1.807) is 42.5 Å². The first-order valence-corrected chi connectivity index (χ1v) is 12.0. The van der Waals surface area contributed by atoms with Gasteiger partial charge in [0.25, 0.3) is 10.0 Å². The van der Waals surface area contributed by atoms with Crippen molar-refractivity contribution in [2.75, 3.05) is 16.2 Å². The highest BCUT2D eigenvalue weighted by molar-refractivity contribution is 9.10. The fourth-order valence-electron chi connectivity index (χ4n) is 3.09. The normalized spacial score (nSPS) is 11.3. The van der Waals surface area contributed by atoms with Crippen molar-refractivity contribution in [2.45, 2.75) is 32.6 Å².